The van der Waals surface area contributed by atoms with E-state index in [-0.39, 0.29) is 11.8 Å². The normalized spacial score (nSPS) is 10.8. The van der Waals surface area contributed by atoms with Gasteiger partial charge in [-0.2, -0.15) is 0 Å². The fraction of sp³-hybridized carbons (Fsp3) is 0.333. The van der Waals surface area contributed by atoms with Crippen LogP contribution in [0.3, 0.4) is 0 Å². The van der Waals surface area contributed by atoms with Crippen LogP contribution in [0.5, 0.6) is 11.5 Å². The molecule has 0 unspecified atom stereocenters. The molecule has 2 N–H and O–H groups in total. The third kappa shape index (κ3) is 5.74. The molecule has 0 saturated heterocycles. The third-order valence-electron chi connectivity index (χ3n) is 4.16. The molecule has 2 amide bonds. The lowest BCUT2D eigenvalue weighted by atomic mass is 9.91. The molecule has 2 rings (SSSR count). The molecule has 144 valence electrons. The second-order valence-corrected chi connectivity index (χ2v) is 6.73. The average molecular weight is 370 g/mol. The highest BCUT2D eigenvalue weighted by atomic mass is 16.5. The molecule has 2 aromatic carbocycles. The molecule has 2 aromatic rings. The Labute approximate surface area is 159 Å². The van der Waals surface area contributed by atoms with Gasteiger partial charge in [0.1, 0.15) is 23.5 Å². The van der Waals surface area contributed by atoms with Crippen LogP contribution in [0.4, 0.5) is 5.69 Å². The van der Waals surface area contributed by atoms with Crippen molar-refractivity contribution in [3.8, 4) is 11.5 Å². The molecule has 0 aromatic heterocycles. The summed E-state index contributed by atoms with van der Waals surface area (Å²) in [6.07, 6.45) is 0. The largest absolute Gasteiger partial charge is 0.497 e. The topological polar surface area (TPSA) is 76.7 Å². The highest BCUT2D eigenvalue weighted by Crippen LogP contribution is 2.20. The Balaban J connectivity index is 1.80. The Kier molecular flexibility index (Phi) is 6.82. The van der Waals surface area contributed by atoms with Gasteiger partial charge in [-0.15, -0.1) is 0 Å². The van der Waals surface area contributed by atoms with Crippen LogP contribution < -0.4 is 20.1 Å². The Morgan fingerprint density at radius 2 is 1.52 bits per heavy atom. The molecule has 0 bridgehead atoms. The Morgan fingerprint density at radius 3 is 2.11 bits per heavy atom. The van der Waals surface area contributed by atoms with Gasteiger partial charge >= 0.3 is 0 Å². The summed E-state index contributed by atoms with van der Waals surface area (Å²) in [6, 6.07) is 14.6. The predicted molar refractivity (Wildman–Crippen MR) is 105 cm³/mol. The van der Waals surface area contributed by atoms with E-state index in [1.165, 1.54) is 0 Å². The minimum atomic E-state index is -1.20. The lowest BCUT2D eigenvalue weighted by Crippen LogP contribution is -2.46. The molecular formula is C21H26N2O4. The fourth-order valence-electron chi connectivity index (χ4n) is 2.25. The number of methoxy groups -OCH3 is 1. The van der Waals surface area contributed by atoms with Crippen LogP contribution in [-0.2, 0) is 9.59 Å². The number of rotatable bonds is 8. The van der Waals surface area contributed by atoms with E-state index in [9.17, 15) is 9.59 Å². The maximum absolute atomic E-state index is 12.5. The first-order chi connectivity index (χ1) is 12.8. The van der Waals surface area contributed by atoms with Crippen LogP contribution in [0.1, 0.15) is 19.4 Å². The first-order valence-electron chi connectivity index (χ1n) is 8.76. The van der Waals surface area contributed by atoms with Gasteiger partial charge < -0.3 is 20.1 Å². The second-order valence-electron chi connectivity index (χ2n) is 6.73. The van der Waals surface area contributed by atoms with E-state index in [1.807, 2.05) is 31.2 Å². The summed E-state index contributed by atoms with van der Waals surface area (Å²) in [7, 11) is 1.60. The van der Waals surface area contributed by atoms with Gasteiger partial charge in [-0.3, -0.25) is 9.59 Å². The molecule has 0 aliphatic heterocycles. The Bertz CT molecular complexity index is 768. The fourth-order valence-corrected chi connectivity index (χ4v) is 2.25. The lowest BCUT2D eigenvalue weighted by Gasteiger charge is -2.22. The lowest BCUT2D eigenvalue weighted by molar-refractivity contribution is -0.138. The van der Waals surface area contributed by atoms with Gasteiger partial charge in [0, 0.05) is 5.69 Å². The van der Waals surface area contributed by atoms with E-state index >= 15 is 0 Å². The smallest absolute Gasteiger partial charge is 0.239 e. The quantitative estimate of drug-likeness (QED) is 0.553. The van der Waals surface area contributed by atoms with Gasteiger partial charge in [0.2, 0.25) is 11.8 Å². The second kappa shape index (κ2) is 9.07. The summed E-state index contributed by atoms with van der Waals surface area (Å²) in [6.45, 7) is 5.75. The van der Waals surface area contributed by atoms with Gasteiger partial charge in [0.05, 0.1) is 13.7 Å². The molecule has 27 heavy (non-hydrogen) atoms. The van der Waals surface area contributed by atoms with Crippen molar-refractivity contribution in [3.63, 3.8) is 0 Å². The summed E-state index contributed by atoms with van der Waals surface area (Å²) < 4.78 is 10.6. The number of carbonyl (C=O) groups is 2. The minimum absolute atomic E-state index is 0.298. The molecule has 0 atom stereocenters. The third-order valence-corrected chi connectivity index (χ3v) is 4.16. The van der Waals surface area contributed by atoms with Crippen molar-refractivity contribution in [3.05, 3.63) is 54.1 Å². The van der Waals surface area contributed by atoms with Crippen molar-refractivity contribution < 1.29 is 19.1 Å². The van der Waals surface area contributed by atoms with Gasteiger partial charge in [0.15, 0.2) is 0 Å². The highest BCUT2D eigenvalue weighted by Gasteiger charge is 2.35. The molecule has 6 heteroatoms. The van der Waals surface area contributed by atoms with Crippen LogP contribution in [0.2, 0.25) is 0 Å². The summed E-state index contributed by atoms with van der Waals surface area (Å²) in [4.78, 5) is 24.9. The van der Waals surface area contributed by atoms with E-state index in [1.54, 1.807) is 45.2 Å². The van der Waals surface area contributed by atoms with Crippen LogP contribution >= 0.6 is 0 Å². The number of anilines is 1. The van der Waals surface area contributed by atoms with Gasteiger partial charge in [-0.25, -0.2) is 0 Å². The van der Waals surface area contributed by atoms with E-state index in [4.69, 9.17) is 9.47 Å². The number of aryl methyl sites for hydroxylation is 1. The van der Waals surface area contributed by atoms with Crippen molar-refractivity contribution in [2.75, 3.05) is 25.6 Å². The number of benzene rings is 2. The minimum Gasteiger partial charge on any atom is -0.497 e. The number of amides is 2. The van der Waals surface area contributed by atoms with Gasteiger partial charge in [0.25, 0.3) is 0 Å². The molecule has 0 aliphatic rings. The van der Waals surface area contributed by atoms with Gasteiger partial charge in [-0.1, -0.05) is 17.7 Å². The zero-order valence-electron chi connectivity index (χ0n) is 16.2. The number of nitrogens with one attached hydrogen (secondary N) is 2. The summed E-state index contributed by atoms with van der Waals surface area (Å²) in [5.74, 6) is 0.712. The summed E-state index contributed by atoms with van der Waals surface area (Å²) in [5, 5.41) is 5.52. The van der Waals surface area contributed by atoms with Crippen LogP contribution in [0.15, 0.2) is 48.5 Å². The zero-order valence-corrected chi connectivity index (χ0v) is 16.2. The molecule has 0 saturated carbocycles. The molecule has 0 aliphatic carbocycles. The SMILES string of the molecule is COc1ccc(OCCNC(=O)C(C)(C)C(=O)Nc2ccc(C)cc2)cc1. The molecule has 0 fully saturated rings. The molecule has 0 heterocycles. The van der Waals surface area contributed by atoms with Crippen molar-refractivity contribution in [1.29, 1.82) is 0 Å². The Hall–Kier alpha value is -3.02. The molecule has 6 nitrogen and oxygen atoms in total. The zero-order chi connectivity index (χ0) is 19.9. The van der Waals surface area contributed by atoms with E-state index in [0.717, 1.165) is 11.3 Å². The number of ether oxygens (including phenoxy) is 2. The van der Waals surface area contributed by atoms with E-state index < -0.39 is 5.41 Å². The standard InChI is InChI=1S/C21H26N2O4/c1-15-5-7-16(8-6-15)23-20(25)21(2,3)19(24)22-13-14-27-18-11-9-17(26-4)10-12-18/h5-12H,13-14H2,1-4H3,(H,22,24)(H,23,25). The van der Waals surface area contributed by atoms with Crippen molar-refractivity contribution in [2.24, 2.45) is 5.41 Å². The summed E-state index contributed by atoms with van der Waals surface area (Å²) in [5.41, 5.74) is 0.557. The monoisotopic (exact) mass is 370 g/mol. The van der Waals surface area contributed by atoms with Crippen molar-refractivity contribution in [2.45, 2.75) is 20.8 Å². The molecule has 0 radical (unpaired) electrons. The van der Waals surface area contributed by atoms with Crippen LogP contribution in [0, 0.1) is 12.3 Å². The maximum atomic E-state index is 12.5. The first-order valence-corrected chi connectivity index (χ1v) is 8.76. The number of carbonyl (C=O) groups excluding carboxylic acids is 2. The van der Waals surface area contributed by atoms with Crippen LogP contribution in [0.25, 0.3) is 0 Å². The van der Waals surface area contributed by atoms with Crippen LogP contribution in [-0.4, -0.2) is 32.1 Å². The van der Waals surface area contributed by atoms with E-state index in [0.29, 0.717) is 24.6 Å². The number of hydrogen-bond acceptors (Lipinski definition) is 4. The Morgan fingerprint density at radius 1 is 0.926 bits per heavy atom. The van der Waals surface area contributed by atoms with Crippen molar-refractivity contribution in [1.82, 2.24) is 5.32 Å². The molecular weight excluding hydrogens is 344 g/mol. The number of hydrogen-bond donors (Lipinski definition) is 2. The summed E-state index contributed by atoms with van der Waals surface area (Å²) >= 11 is 0. The van der Waals surface area contributed by atoms with Gasteiger partial charge in [-0.05, 0) is 57.2 Å². The van der Waals surface area contributed by atoms with E-state index in [2.05, 4.69) is 10.6 Å². The average Bonchev–Trinajstić information content (AvgIpc) is 2.67. The molecule has 0 spiro atoms. The maximum Gasteiger partial charge on any atom is 0.239 e. The van der Waals surface area contributed by atoms with Crippen molar-refractivity contribution >= 4 is 17.5 Å². The highest BCUT2D eigenvalue weighted by molar-refractivity contribution is 6.09. The first kappa shape index (κ1) is 20.3. The predicted octanol–water partition coefficient (Wildman–Crippen LogP) is 3.16.